The number of ether oxygens (including phenoxy) is 1. The van der Waals surface area contributed by atoms with Crippen molar-refractivity contribution in [3.8, 4) is 5.75 Å². The summed E-state index contributed by atoms with van der Waals surface area (Å²) < 4.78 is 5.77. The van der Waals surface area contributed by atoms with Crippen molar-refractivity contribution in [1.82, 2.24) is 5.32 Å². The zero-order valence-corrected chi connectivity index (χ0v) is 17.2. The number of carbonyl (C=O) groups is 1. The number of piperazine rings is 1. The van der Waals surface area contributed by atoms with Crippen LogP contribution in [0.3, 0.4) is 0 Å². The highest BCUT2D eigenvalue weighted by atomic mass is 16.5. The first-order valence-corrected chi connectivity index (χ1v) is 10.2. The van der Waals surface area contributed by atoms with Gasteiger partial charge in [0.25, 0.3) is 5.91 Å². The Morgan fingerprint density at radius 1 is 1.14 bits per heavy atom. The fraction of sp³-hybridized carbons (Fsp3) is 0.435. The van der Waals surface area contributed by atoms with Crippen LogP contribution >= 0.6 is 0 Å². The summed E-state index contributed by atoms with van der Waals surface area (Å²) in [6.45, 7) is 11.1. The Bertz CT molecular complexity index is 768. The molecule has 1 aliphatic heterocycles. The maximum absolute atomic E-state index is 12.6. The molecule has 5 nitrogen and oxygen atoms in total. The molecular weight excluding hydrogens is 350 g/mol. The molecule has 0 saturated carbocycles. The minimum Gasteiger partial charge on any atom is -0.492 e. The van der Waals surface area contributed by atoms with Gasteiger partial charge < -0.3 is 19.9 Å². The number of amides is 1. The number of hydrogen-bond donors (Lipinski definition) is 2. The van der Waals surface area contributed by atoms with Gasteiger partial charge in [0.2, 0.25) is 0 Å². The van der Waals surface area contributed by atoms with Gasteiger partial charge in [-0.1, -0.05) is 42.0 Å². The minimum atomic E-state index is -0.0465. The van der Waals surface area contributed by atoms with Gasteiger partial charge in [0, 0.05) is 6.54 Å². The van der Waals surface area contributed by atoms with Crippen LogP contribution in [0.2, 0.25) is 0 Å². The monoisotopic (exact) mass is 382 g/mol. The topological polar surface area (TPSA) is 46.0 Å². The fourth-order valence-corrected chi connectivity index (χ4v) is 3.70. The molecule has 2 N–H and O–H groups in total. The fourth-order valence-electron chi connectivity index (χ4n) is 3.70. The highest BCUT2D eigenvalue weighted by Crippen LogP contribution is 2.27. The van der Waals surface area contributed by atoms with E-state index in [-0.39, 0.29) is 11.9 Å². The molecule has 1 saturated heterocycles. The second-order valence-corrected chi connectivity index (χ2v) is 7.47. The third-order valence-corrected chi connectivity index (χ3v) is 5.50. The summed E-state index contributed by atoms with van der Waals surface area (Å²) in [7, 11) is 0. The summed E-state index contributed by atoms with van der Waals surface area (Å²) in [5.41, 5.74) is 3.52. The van der Waals surface area contributed by atoms with Crippen LogP contribution in [0.4, 0.5) is 5.69 Å². The Hall–Kier alpha value is -2.53. The average Bonchev–Trinajstić information content (AvgIpc) is 2.73. The van der Waals surface area contributed by atoms with E-state index in [0.29, 0.717) is 13.2 Å². The Labute approximate surface area is 168 Å². The Morgan fingerprint density at radius 3 is 2.50 bits per heavy atom. The zero-order chi connectivity index (χ0) is 19.9. The zero-order valence-electron chi connectivity index (χ0n) is 17.2. The number of aryl methyl sites for hydroxylation is 1. The largest absolute Gasteiger partial charge is 0.492 e. The normalized spacial score (nSPS) is 15.9. The highest BCUT2D eigenvalue weighted by molar-refractivity contribution is 5.79. The van der Waals surface area contributed by atoms with Crippen LogP contribution < -0.4 is 19.9 Å². The predicted octanol–water partition coefficient (Wildman–Crippen LogP) is 1.80. The van der Waals surface area contributed by atoms with Crippen molar-refractivity contribution >= 4 is 11.6 Å². The minimum absolute atomic E-state index is 0.0465. The van der Waals surface area contributed by atoms with Crippen molar-refractivity contribution in [2.45, 2.75) is 33.4 Å². The van der Waals surface area contributed by atoms with Gasteiger partial charge >= 0.3 is 0 Å². The number of carbonyl (C=O) groups excluding carboxylic acids is 1. The quantitative estimate of drug-likeness (QED) is 0.768. The lowest BCUT2D eigenvalue weighted by molar-refractivity contribution is -0.914. The SMILES string of the molecule is CCOc1ccccc1N1CC[NH+]([C@H](C)C(=O)NCc2ccc(C)cc2)CC1. The van der Waals surface area contributed by atoms with Gasteiger partial charge in [-0.3, -0.25) is 4.79 Å². The second-order valence-electron chi connectivity index (χ2n) is 7.47. The number of benzene rings is 2. The first-order valence-electron chi connectivity index (χ1n) is 10.2. The van der Waals surface area contributed by atoms with Gasteiger partial charge in [-0.25, -0.2) is 0 Å². The van der Waals surface area contributed by atoms with Gasteiger partial charge in [-0.15, -0.1) is 0 Å². The smallest absolute Gasteiger partial charge is 0.278 e. The van der Waals surface area contributed by atoms with E-state index in [1.807, 2.05) is 26.0 Å². The molecule has 1 fully saturated rings. The van der Waals surface area contributed by atoms with Crippen LogP contribution in [-0.4, -0.2) is 44.7 Å². The standard InChI is InChI=1S/C23H31N3O2/c1-4-28-22-8-6-5-7-21(22)26-15-13-25(14-16-26)19(3)23(27)24-17-20-11-9-18(2)10-12-20/h5-12,19H,4,13-17H2,1-3H3,(H,24,27)/p+1/t19-/m1/s1. The summed E-state index contributed by atoms with van der Waals surface area (Å²) >= 11 is 0. The van der Waals surface area contributed by atoms with E-state index >= 15 is 0 Å². The number of anilines is 1. The molecule has 0 aromatic heterocycles. The van der Waals surface area contributed by atoms with Crippen LogP contribution in [0, 0.1) is 6.92 Å². The van der Waals surface area contributed by atoms with Crippen molar-refractivity contribution < 1.29 is 14.4 Å². The molecule has 1 heterocycles. The lowest BCUT2D eigenvalue weighted by atomic mass is 10.1. The lowest BCUT2D eigenvalue weighted by Gasteiger charge is -2.36. The van der Waals surface area contributed by atoms with Crippen LogP contribution in [0.5, 0.6) is 5.75 Å². The molecular formula is C23H32N3O2+. The third-order valence-electron chi connectivity index (χ3n) is 5.50. The van der Waals surface area contributed by atoms with E-state index < -0.39 is 0 Å². The van der Waals surface area contributed by atoms with Crippen molar-refractivity contribution in [3.05, 3.63) is 59.7 Å². The molecule has 0 bridgehead atoms. The molecule has 2 aromatic rings. The van der Waals surface area contributed by atoms with Crippen molar-refractivity contribution in [2.24, 2.45) is 0 Å². The van der Waals surface area contributed by atoms with E-state index in [2.05, 4.69) is 53.5 Å². The van der Waals surface area contributed by atoms with E-state index in [4.69, 9.17) is 4.74 Å². The number of nitrogens with zero attached hydrogens (tertiary/aromatic N) is 1. The number of hydrogen-bond acceptors (Lipinski definition) is 3. The van der Waals surface area contributed by atoms with E-state index in [1.54, 1.807) is 0 Å². The Balaban J connectivity index is 1.51. The predicted molar refractivity (Wildman–Crippen MR) is 113 cm³/mol. The van der Waals surface area contributed by atoms with Crippen LogP contribution in [-0.2, 0) is 11.3 Å². The van der Waals surface area contributed by atoms with E-state index in [1.165, 1.54) is 10.5 Å². The summed E-state index contributed by atoms with van der Waals surface area (Å²) in [6.07, 6.45) is 0. The van der Waals surface area contributed by atoms with E-state index in [9.17, 15) is 4.79 Å². The number of quaternary nitrogens is 1. The molecule has 5 heteroatoms. The van der Waals surface area contributed by atoms with Crippen LogP contribution in [0.1, 0.15) is 25.0 Å². The first-order chi connectivity index (χ1) is 13.6. The summed E-state index contributed by atoms with van der Waals surface area (Å²) in [6, 6.07) is 16.5. The second kappa shape index (κ2) is 9.60. The number of nitrogens with one attached hydrogen (secondary N) is 2. The lowest BCUT2D eigenvalue weighted by Crippen LogP contribution is -3.19. The maximum Gasteiger partial charge on any atom is 0.278 e. The Kier molecular flexibility index (Phi) is 6.93. The highest BCUT2D eigenvalue weighted by Gasteiger charge is 2.29. The first kappa shape index (κ1) is 20.2. The van der Waals surface area contributed by atoms with Gasteiger partial charge in [0.1, 0.15) is 5.75 Å². The van der Waals surface area contributed by atoms with Gasteiger partial charge in [0.05, 0.1) is 38.5 Å². The summed E-state index contributed by atoms with van der Waals surface area (Å²) in [5.74, 6) is 1.07. The molecule has 2 aromatic carbocycles. The third kappa shape index (κ3) is 5.04. The molecule has 0 spiro atoms. The van der Waals surface area contributed by atoms with Crippen molar-refractivity contribution in [3.63, 3.8) is 0 Å². The van der Waals surface area contributed by atoms with Gasteiger partial charge in [0.15, 0.2) is 6.04 Å². The summed E-state index contributed by atoms with van der Waals surface area (Å²) in [5, 5.41) is 3.09. The molecule has 28 heavy (non-hydrogen) atoms. The average molecular weight is 383 g/mol. The molecule has 3 rings (SSSR count). The van der Waals surface area contributed by atoms with Crippen molar-refractivity contribution in [2.75, 3.05) is 37.7 Å². The van der Waals surface area contributed by atoms with Crippen molar-refractivity contribution in [1.29, 1.82) is 0 Å². The van der Waals surface area contributed by atoms with E-state index in [0.717, 1.165) is 43.2 Å². The molecule has 1 atom stereocenters. The maximum atomic E-state index is 12.6. The molecule has 0 radical (unpaired) electrons. The number of rotatable bonds is 7. The van der Waals surface area contributed by atoms with Gasteiger partial charge in [-0.2, -0.15) is 0 Å². The van der Waals surface area contributed by atoms with Crippen LogP contribution in [0.25, 0.3) is 0 Å². The number of para-hydroxylation sites is 2. The Morgan fingerprint density at radius 2 is 1.82 bits per heavy atom. The van der Waals surface area contributed by atoms with Crippen LogP contribution in [0.15, 0.2) is 48.5 Å². The van der Waals surface area contributed by atoms with Gasteiger partial charge in [-0.05, 0) is 38.5 Å². The molecule has 150 valence electrons. The molecule has 1 aliphatic rings. The molecule has 0 aliphatic carbocycles. The molecule has 1 amide bonds. The summed E-state index contributed by atoms with van der Waals surface area (Å²) in [4.78, 5) is 16.3. The molecule has 0 unspecified atom stereocenters.